The molecule has 2 aliphatic rings. The predicted octanol–water partition coefficient (Wildman–Crippen LogP) is 0.392. The largest absolute Gasteiger partial charge is 0.461 e. The Hall–Kier alpha value is -1.89. The first-order chi connectivity index (χ1) is 10.0. The number of hydrogen-bond donors (Lipinski definition) is 2. The van der Waals surface area contributed by atoms with Gasteiger partial charge in [-0.25, -0.2) is 0 Å². The number of H-pyrrole nitrogens is 1. The number of nitrogens with zero attached hydrogens (tertiary/aromatic N) is 2. The molecule has 0 aromatic carbocycles. The highest BCUT2D eigenvalue weighted by atomic mass is 16.6. The van der Waals surface area contributed by atoms with E-state index in [2.05, 4.69) is 15.1 Å². The lowest BCUT2D eigenvalue weighted by atomic mass is 9.93. The van der Waals surface area contributed by atoms with E-state index in [1.54, 1.807) is 6.07 Å². The van der Waals surface area contributed by atoms with Gasteiger partial charge in [0.2, 0.25) is 0 Å². The van der Waals surface area contributed by atoms with Crippen molar-refractivity contribution in [2.75, 3.05) is 13.1 Å². The highest BCUT2D eigenvalue weighted by Crippen LogP contribution is 2.30. The molecule has 1 aromatic rings. The minimum Gasteiger partial charge on any atom is -0.461 e. The summed E-state index contributed by atoms with van der Waals surface area (Å²) in [6.07, 6.45) is 2.76. The molecule has 0 aliphatic carbocycles. The molecule has 2 fully saturated rings. The molecular weight excluding hydrogens is 272 g/mol. The topological polar surface area (TPSA) is 101 Å². The molecule has 0 spiro atoms. The number of esters is 1. The second kappa shape index (κ2) is 5.48. The van der Waals surface area contributed by atoms with E-state index < -0.39 is 5.91 Å². The van der Waals surface area contributed by atoms with Gasteiger partial charge in [0.05, 0.1) is 0 Å². The van der Waals surface area contributed by atoms with E-state index in [0.29, 0.717) is 0 Å². The number of rotatable bonds is 3. The van der Waals surface area contributed by atoms with Crippen LogP contribution in [0.3, 0.4) is 0 Å². The monoisotopic (exact) mass is 292 g/mol. The summed E-state index contributed by atoms with van der Waals surface area (Å²) in [4.78, 5) is 25.2. The summed E-state index contributed by atoms with van der Waals surface area (Å²) in [6.45, 7) is 3.60. The van der Waals surface area contributed by atoms with Crippen molar-refractivity contribution >= 4 is 11.9 Å². The van der Waals surface area contributed by atoms with Crippen LogP contribution in [0.15, 0.2) is 6.07 Å². The minimum absolute atomic E-state index is 0.00325. The molecule has 114 valence electrons. The molecule has 3 N–H and O–H groups in total. The second-order valence-corrected chi connectivity index (χ2v) is 5.91. The number of amides is 1. The average Bonchev–Trinajstić information content (AvgIpc) is 3.06. The smallest absolute Gasteiger partial charge is 0.323 e. The number of nitrogens with one attached hydrogen (secondary N) is 1. The molecule has 0 saturated carbocycles. The van der Waals surface area contributed by atoms with E-state index in [1.807, 2.05) is 6.92 Å². The maximum Gasteiger partial charge on any atom is 0.323 e. The Labute approximate surface area is 122 Å². The fraction of sp³-hybridized carbons (Fsp3) is 0.643. The van der Waals surface area contributed by atoms with Gasteiger partial charge in [-0.05, 0) is 32.4 Å². The third-order valence-electron chi connectivity index (χ3n) is 4.33. The molecule has 2 aliphatic heterocycles. The first-order valence-corrected chi connectivity index (χ1v) is 7.34. The number of carbonyl (C=O) groups is 2. The summed E-state index contributed by atoms with van der Waals surface area (Å²) in [6, 6.07) is 1.58. The number of hydrogen-bond acceptors (Lipinski definition) is 5. The van der Waals surface area contributed by atoms with Crippen LogP contribution in [0.1, 0.15) is 48.3 Å². The number of piperidine rings is 1. The number of ether oxygens (including phenoxy) is 1. The fourth-order valence-corrected chi connectivity index (χ4v) is 3.25. The number of aromatic nitrogens is 2. The highest BCUT2D eigenvalue weighted by molar-refractivity contribution is 5.90. The summed E-state index contributed by atoms with van der Waals surface area (Å²) in [5.41, 5.74) is 6.39. The van der Waals surface area contributed by atoms with E-state index in [-0.39, 0.29) is 29.7 Å². The van der Waals surface area contributed by atoms with Crippen LogP contribution in [-0.4, -0.2) is 52.2 Å². The first kappa shape index (κ1) is 14.1. The number of primary amides is 1. The van der Waals surface area contributed by atoms with E-state index in [4.69, 9.17) is 10.5 Å². The van der Waals surface area contributed by atoms with Gasteiger partial charge in [-0.2, -0.15) is 5.10 Å². The molecule has 2 saturated heterocycles. The molecule has 0 radical (unpaired) electrons. The van der Waals surface area contributed by atoms with Crippen molar-refractivity contribution < 1.29 is 14.3 Å². The molecule has 3 rings (SSSR count). The Bertz CT molecular complexity index is 556. The Balaban J connectivity index is 1.70. The summed E-state index contributed by atoms with van der Waals surface area (Å²) < 4.78 is 5.24. The zero-order valence-electron chi connectivity index (χ0n) is 12.0. The number of aromatic amines is 1. The van der Waals surface area contributed by atoms with E-state index in [1.165, 1.54) is 0 Å². The van der Waals surface area contributed by atoms with Gasteiger partial charge in [-0.1, -0.05) is 0 Å². The predicted molar refractivity (Wildman–Crippen MR) is 74.6 cm³/mol. The Morgan fingerprint density at radius 2 is 2.38 bits per heavy atom. The van der Waals surface area contributed by atoms with Crippen molar-refractivity contribution in [1.29, 1.82) is 0 Å². The average molecular weight is 292 g/mol. The van der Waals surface area contributed by atoms with Crippen LogP contribution in [0.2, 0.25) is 0 Å². The van der Waals surface area contributed by atoms with Crippen molar-refractivity contribution in [3.63, 3.8) is 0 Å². The molecular formula is C14H20N4O3. The van der Waals surface area contributed by atoms with Gasteiger partial charge in [0.15, 0.2) is 0 Å². The van der Waals surface area contributed by atoms with Gasteiger partial charge in [0.25, 0.3) is 5.91 Å². The third-order valence-corrected chi connectivity index (χ3v) is 4.33. The zero-order valence-corrected chi connectivity index (χ0v) is 12.0. The van der Waals surface area contributed by atoms with Gasteiger partial charge in [0.1, 0.15) is 17.8 Å². The molecule has 0 bridgehead atoms. The van der Waals surface area contributed by atoms with Crippen molar-refractivity contribution in [2.24, 2.45) is 5.73 Å². The minimum atomic E-state index is -0.529. The van der Waals surface area contributed by atoms with Crippen molar-refractivity contribution in [1.82, 2.24) is 15.1 Å². The van der Waals surface area contributed by atoms with Crippen LogP contribution in [0, 0.1) is 0 Å². The molecule has 3 heterocycles. The molecule has 1 amide bonds. The standard InChI is InChI=1S/C14H20N4O3/c1-8-5-12(14(20)21-8)18-4-2-3-9(7-18)10-6-11(13(15)19)17-16-10/h6,8-9,12H,2-5,7H2,1H3,(H2,15,19)(H,16,17). The van der Waals surface area contributed by atoms with Gasteiger partial charge in [0, 0.05) is 24.6 Å². The molecule has 3 unspecified atom stereocenters. The zero-order chi connectivity index (χ0) is 15.0. The molecule has 1 aromatic heterocycles. The fourth-order valence-electron chi connectivity index (χ4n) is 3.25. The first-order valence-electron chi connectivity index (χ1n) is 7.34. The van der Waals surface area contributed by atoms with E-state index in [9.17, 15) is 9.59 Å². The van der Waals surface area contributed by atoms with Gasteiger partial charge >= 0.3 is 5.97 Å². The molecule has 7 heteroatoms. The van der Waals surface area contributed by atoms with Crippen LogP contribution in [0.5, 0.6) is 0 Å². The number of carbonyl (C=O) groups excluding carboxylic acids is 2. The van der Waals surface area contributed by atoms with E-state index in [0.717, 1.165) is 38.0 Å². The molecule has 3 atom stereocenters. The van der Waals surface area contributed by atoms with Gasteiger partial charge in [-0.15, -0.1) is 0 Å². The Morgan fingerprint density at radius 1 is 1.57 bits per heavy atom. The normalized spacial score (nSPS) is 30.3. The number of nitrogens with two attached hydrogens (primary N) is 1. The van der Waals surface area contributed by atoms with Crippen molar-refractivity contribution in [2.45, 2.75) is 44.2 Å². The maximum atomic E-state index is 11.9. The van der Waals surface area contributed by atoms with Gasteiger partial charge in [-0.3, -0.25) is 19.6 Å². The quantitative estimate of drug-likeness (QED) is 0.785. The van der Waals surface area contributed by atoms with E-state index >= 15 is 0 Å². The van der Waals surface area contributed by atoms with Crippen LogP contribution in [0.25, 0.3) is 0 Å². The van der Waals surface area contributed by atoms with Gasteiger partial charge < -0.3 is 10.5 Å². The maximum absolute atomic E-state index is 11.9. The second-order valence-electron chi connectivity index (χ2n) is 5.91. The summed E-state index contributed by atoms with van der Waals surface area (Å²) >= 11 is 0. The summed E-state index contributed by atoms with van der Waals surface area (Å²) in [5, 5.41) is 6.83. The molecule has 21 heavy (non-hydrogen) atoms. The lowest BCUT2D eigenvalue weighted by molar-refractivity contribution is -0.145. The van der Waals surface area contributed by atoms with Crippen molar-refractivity contribution in [3.05, 3.63) is 17.5 Å². The van der Waals surface area contributed by atoms with Crippen LogP contribution >= 0.6 is 0 Å². The summed E-state index contributed by atoms with van der Waals surface area (Å²) in [5.74, 6) is -0.410. The lowest BCUT2D eigenvalue weighted by Crippen LogP contribution is -2.44. The molecule has 7 nitrogen and oxygen atoms in total. The van der Waals surface area contributed by atoms with Crippen LogP contribution < -0.4 is 5.73 Å². The van der Waals surface area contributed by atoms with Crippen LogP contribution in [-0.2, 0) is 9.53 Å². The number of cyclic esters (lactones) is 1. The Kier molecular flexibility index (Phi) is 3.67. The summed E-state index contributed by atoms with van der Waals surface area (Å²) in [7, 11) is 0. The SMILES string of the molecule is CC1CC(N2CCCC(c3cc(C(N)=O)n[nH]3)C2)C(=O)O1. The number of likely N-dealkylation sites (tertiary alicyclic amines) is 1. The Morgan fingerprint density at radius 3 is 3.00 bits per heavy atom. The lowest BCUT2D eigenvalue weighted by Gasteiger charge is -2.34. The van der Waals surface area contributed by atoms with Crippen LogP contribution in [0.4, 0.5) is 0 Å². The van der Waals surface area contributed by atoms with Crippen molar-refractivity contribution in [3.8, 4) is 0 Å². The highest BCUT2D eigenvalue weighted by Gasteiger charge is 2.38. The third kappa shape index (κ3) is 2.78.